The Morgan fingerprint density at radius 1 is 0.550 bits per heavy atom. The molecular weight excluding hydrogens is 502 g/mol. The quantitative estimate of drug-likeness (QED) is 0.213. The van der Waals surface area contributed by atoms with E-state index in [1.807, 2.05) is 42.5 Å². The third-order valence-electron chi connectivity index (χ3n) is 7.61. The maximum Gasteiger partial charge on any atom is 0.262 e. The van der Waals surface area contributed by atoms with E-state index in [1.54, 1.807) is 40.1 Å². The molecule has 6 rings (SSSR count). The van der Waals surface area contributed by atoms with E-state index in [0.717, 1.165) is 49.3 Å². The number of methoxy groups -OCH3 is 4. The highest BCUT2D eigenvalue weighted by Crippen LogP contribution is 2.44. The first kappa shape index (κ1) is 25.3. The summed E-state index contributed by atoms with van der Waals surface area (Å²) in [5.41, 5.74) is 4.97. The molecule has 0 aliphatic rings. The zero-order valence-electron chi connectivity index (χ0n) is 23.1. The second-order valence-electron chi connectivity index (χ2n) is 9.60. The van der Waals surface area contributed by atoms with Crippen molar-refractivity contribution < 1.29 is 18.9 Å². The second kappa shape index (κ2) is 9.97. The number of pyridine rings is 1. The lowest BCUT2D eigenvalue weighted by atomic mass is 9.91. The largest absolute Gasteiger partial charge is 0.493 e. The second-order valence-corrected chi connectivity index (χ2v) is 9.60. The van der Waals surface area contributed by atoms with Crippen LogP contribution in [0.25, 0.3) is 54.7 Å². The Labute approximate surface area is 231 Å². The van der Waals surface area contributed by atoms with Gasteiger partial charge in [-0.05, 0) is 58.0 Å². The number of hydrogen-bond acceptors (Lipinski definition) is 5. The smallest absolute Gasteiger partial charge is 0.262 e. The van der Waals surface area contributed by atoms with Crippen molar-refractivity contribution in [3.05, 3.63) is 95.3 Å². The number of fused-ring (bicyclic) bond motifs is 5. The Kier molecular flexibility index (Phi) is 6.31. The van der Waals surface area contributed by atoms with Gasteiger partial charge in [0.25, 0.3) is 5.56 Å². The van der Waals surface area contributed by atoms with E-state index in [-0.39, 0.29) is 5.56 Å². The number of ether oxygens (including phenoxy) is 4. The molecule has 0 unspecified atom stereocenters. The summed E-state index contributed by atoms with van der Waals surface area (Å²) in [4.78, 5) is 13.8. The summed E-state index contributed by atoms with van der Waals surface area (Å²) in [6, 6.07) is 28.7. The molecule has 5 aromatic carbocycles. The summed E-state index contributed by atoms with van der Waals surface area (Å²) in [6.45, 7) is 0. The van der Waals surface area contributed by atoms with Crippen LogP contribution in [-0.2, 0) is 7.05 Å². The van der Waals surface area contributed by atoms with Gasteiger partial charge in [0.2, 0.25) is 0 Å². The number of rotatable bonds is 6. The molecule has 6 aromatic rings. The van der Waals surface area contributed by atoms with Gasteiger partial charge in [0.1, 0.15) is 0 Å². The fraction of sp³-hybridized carbons (Fsp3) is 0.147. The van der Waals surface area contributed by atoms with E-state index >= 15 is 0 Å². The molecule has 0 saturated heterocycles. The van der Waals surface area contributed by atoms with E-state index in [1.165, 1.54) is 0 Å². The van der Waals surface area contributed by atoms with Crippen molar-refractivity contribution >= 4 is 32.4 Å². The molecule has 0 saturated carbocycles. The van der Waals surface area contributed by atoms with Crippen LogP contribution in [0.2, 0.25) is 0 Å². The Morgan fingerprint density at radius 2 is 1.12 bits per heavy atom. The average molecular weight is 532 g/mol. The number of benzene rings is 5. The predicted molar refractivity (Wildman–Crippen MR) is 161 cm³/mol. The lowest BCUT2D eigenvalue weighted by Gasteiger charge is -2.19. The van der Waals surface area contributed by atoms with Crippen LogP contribution in [0.3, 0.4) is 0 Å². The number of aryl methyl sites for hydroxylation is 1. The molecule has 40 heavy (non-hydrogen) atoms. The lowest BCUT2D eigenvalue weighted by molar-refractivity contribution is 0.356. The van der Waals surface area contributed by atoms with Crippen LogP contribution in [0.15, 0.2) is 89.7 Å². The monoisotopic (exact) mass is 531 g/mol. The van der Waals surface area contributed by atoms with Gasteiger partial charge in [0.15, 0.2) is 23.0 Å². The van der Waals surface area contributed by atoms with Crippen molar-refractivity contribution in [3.63, 3.8) is 0 Å². The molecule has 0 aliphatic carbocycles. The fourth-order valence-corrected chi connectivity index (χ4v) is 5.64. The SMILES string of the molecule is COc1cc2c(-c3ccc(-c4ccccc4)cc3)cc3c4ccc(OC)c(OC)c4c(=O)n(C)c3c2cc1OC. The van der Waals surface area contributed by atoms with Crippen molar-refractivity contribution in [3.8, 4) is 45.3 Å². The van der Waals surface area contributed by atoms with Gasteiger partial charge in [-0.15, -0.1) is 0 Å². The summed E-state index contributed by atoms with van der Waals surface area (Å²) in [5, 5.41) is 4.01. The van der Waals surface area contributed by atoms with Gasteiger partial charge in [-0.3, -0.25) is 4.79 Å². The van der Waals surface area contributed by atoms with E-state index < -0.39 is 0 Å². The highest BCUT2D eigenvalue weighted by atomic mass is 16.5. The molecular formula is C34H29NO5. The normalized spacial score (nSPS) is 11.2. The molecule has 0 amide bonds. The molecule has 0 fully saturated rings. The van der Waals surface area contributed by atoms with Gasteiger partial charge in [0, 0.05) is 23.2 Å². The zero-order valence-corrected chi connectivity index (χ0v) is 23.1. The molecule has 200 valence electrons. The maximum atomic E-state index is 13.8. The third kappa shape index (κ3) is 3.83. The fourth-order valence-electron chi connectivity index (χ4n) is 5.64. The van der Waals surface area contributed by atoms with Gasteiger partial charge in [-0.2, -0.15) is 0 Å². The van der Waals surface area contributed by atoms with Crippen molar-refractivity contribution in [2.24, 2.45) is 7.05 Å². The Morgan fingerprint density at radius 3 is 1.75 bits per heavy atom. The summed E-state index contributed by atoms with van der Waals surface area (Å²) >= 11 is 0. The minimum Gasteiger partial charge on any atom is -0.493 e. The zero-order chi connectivity index (χ0) is 28.0. The Bertz CT molecular complexity index is 1960. The first-order chi connectivity index (χ1) is 19.5. The summed E-state index contributed by atoms with van der Waals surface area (Å²) in [6.07, 6.45) is 0. The average Bonchev–Trinajstić information content (AvgIpc) is 3.01. The highest BCUT2D eigenvalue weighted by molar-refractivity contribution is 6.20. The minimum atomic E-state index is -0.172. The molecule has 0 aliphatic heterocycles. The lowest BCUT2D eigenvalue weighted by Crippen LogP contribution is -2.18. The Balaban J connectivity index is 1.75. The number of hydrogen-bond donors (Lipinski definition) is 0. The standard InChI is InChI=1S/C34H29NO5/c1-35-32-26(23-15-16-28(37-2)33(40-5)31(23)34(35)36)17-24(25-18-29(38-3)30(39-4)19-27(25)32)22-13-11-21(12-14-22)20-9-7-6-8-10-20/h6-19H,1-5H3. The summed E-state index contributed by atoms with van der Waals surface area (Å²) in [5.74, 6) is 2.14. The minimum absolute atomic E-state index is 0.172. The molecule has 0 N–H and O–H groups in total. The molecule has 0 bridgehead atoms. The molecule has 1 heterocycles. The van der Waals surface area contributed by atoms with Crippen molar-refractivity contribution in [1.82, 2.24) is 4.57 Å². The summed E-state index contributed by atoms with van der Waals surface area (Å²) < 4.78 is 24.2. The highest BCUT2D eigenvalue weighted by Gasteiger charge is 2.21. The van der Waals surface area contributed by atoms with Crippen LogP contribution in [0.5, 0.6) is 23.0 Å². The van der Waals surface area contributed by atoms with Crippen LogP contribution in [0.4, 0.5) is 0 Å². The van der Waals surface area contributed by atoms with Crippen LogP contribution in [0, 0.1) is 0 Å². The van der Waals surface area contributed by atoms with Gasteiger partial charge in [-0.1, -0.05) is 54.6 Å². The molecule has 1 aromatic heterocycles. The third-order valence-corrected chi connectivity index (χ3v) is 7.61. The van der Waals surface area contributed by atoms with Crippen LogP contribution in [-0.4, -0.2) is 33.0 Å². The van der Waals surface area contributed by atoms with E-state index in [0.29, 0.717) is 28.4 Å². The maximum absolute atomic E-state index is 13.8. The summed E-state index contributed by atoms with van der Waals surface area (Å²) in [7, 11) is 8.15. The van der Waals surface area contributed by atoms with E-state index in [9.17, 15) is 4.79 Å². The Hall–Kier alpha value is -4.97. The number of nitrogens with zero attached hydrogens (tertiary/aromatic N) is 1. The van der Waals surface area contributed by atoms with Crippen LogP contribution < -0.4 is 24.5 Å². The van der Waals surface area contributed by atoms with Crippen molar-refractivity contribution in [2.75, 3.05) is 28.4 Å². The first-order valence-corrected chi connectivity index (χ1v) is 12.9. The molecule has 0 spiro atoms. The van der Waals surface area contributed by atoms with Crippen molar-refractivity contribution in [2.45, 2.75) is 0 Å². The molecule has 6 heteroatoms. The topological polar surface area (TPSA) is 58.9 Å². The van der Waals surface area contributed by atoms with E-state index in [4.69, 9.17) is 18.9 Å². The predicted octanol–water partition coefficient (Wildman–Crippen LogP) is 7.21. The van der Waals surface area contributed by atoms with Crippen LogP contribution >= 0.6 is 0 Å². The van der Waals surface area contributed by atoms with Crippen molar-refractivity contribution in [1.29, 1.82) is 0 Å². The van der Waals surface area contributed by atoms with Crippen LogP contribution in [0.1, 0.15) is 0 Å². The van der Waals surface area contributed by atoms with E-state index in [2.05, 4.69) is 42.5 Å². The van der Waals surface area contributed by atoms with Gasteiger partial charge in [0.05, 0.1) is 39.3 Å². The molecule has 0 atom stereocenters. The van der Waals surface area contributed by atoms with Gasteiger partial charge >= 0.3 is 0 Å². The number of aromatic nitrogens is 1. The van der Waals surface area contributed by atoms with Gasteiger partial charge < -0.3 is 23.5 Å². The molecule has 6 nitrogen and oxygen atoms in total. The molecule has 0 radical (unpaired) electrons. The first-order valence-electron chi connectivity index (χ1n) is 12.9. The van der Waals surface area contributed by atoms with Gasteiger partial charge in [-0.25, -0.2) is 0 Å².